The Balaban J connectivity index is 1.63. The lowest BCUT2D eigenvalue weighted by molar-refractivity contribution is 0.313. The summed E-state index contributed by atoms with van der Waals surface area (Å²) < 4.78 is 0. The molecule has 0 spiro atoms. The van der Waals surface area contributed by atoms with Crippen molar-refractivity contribution in [3.8, 4) is 0 Å². The molecule has 1 nitrogen and oxygen atoms in total. The zero-order chi connectivity index (χ0) is 14.9. The monoisotopic (exact) mass is 289 g/mol. The molecule has 1 aliphatic heterocycles. The van der Waals surface area contributed by atoms with Gasteiger partial charge in [0, 0.05) is 11.6 Å². The predicted molar refractivity (Wildman–Crippen MR) is 91.1 cm³/mol. The molecule has 1 N–H and O–H groups in total. The Kier molecular flexibility index (Phi) is 2.41. The third-order valence-corrected chi connectivity index (χ3v) is 6.41. The van der Waals surface area contributed by atoms with Crippen LogP contribution in [-0.4, -0.2) is 6.04 Å². The summed E-state index contributed by atoms with van der Waals surface area (Å²) in [4.78, 5) is 0. The Hall–Kier alpha value is -1.76. The van der Waals surface area contributed by atoms with Crippen LogP contribution in [0.1, 0.15) is 33.1 Å². The van der Waals surface area contributed by atoms with Crippen molar-refractivity contribution in [2.75, 3.05) is 0 Å². The number of fused-ring (bicyclic) bond motifs is 4. The van der Waals surface area contributed by atoms with E-state index in [1.165, 1.54) is 25.0 Å². The average molecular weight is 289 g/mol. The lowest BCUT2D eigenvalue weighted by Gasteiger charge is -2.33. The first kappa shape index (κ1) is 12.8. The second-order valence-corrected chi connectivity index (χ2v) is 7.81. The maximum absolute atomic E-state index is 3.79. The number of rotatable bonds is 0. The summed E-state index contributed by atoms with van der Waals surface area (Å²) in [7, 11) is 0. The average Bonchev–Trinajstić information content (AvgIpc) is 3.00. The van der Waals surface area contributed by atoms with Crippen molar-refractivity contribution in [3.05, 3.63) is 70.5 Å². The van der Waals surface area contributed by atoms with Gasteiger partial charge >= 0.3 is 0 Å². The number of nitrogens with one attached hydrogen (secondary N) is 1. The van der Waals surface area contributed by atoms with Crippen LogP contribution < -0.4 is 5.32 Å². The minimum Gasteiger partial charge on any atom is -0.381 e. The van der Waals surface area contributed by atoms with Crippen molar-refractivity contribution in [3.63, 3.8) is 0 Å². The zero-order valence-corrected chi connectivity index (χ0v) is 13.4. The molecule has 0 aromatic heterocycles. The molecule has 0 bridgehead atoms. The first-order chi connectivity index (χ1) is 10.7. The highest BCUT2D eigenvalue weighted by Crippen LogP contribution is 2.58. The fourth-order valence-electron chi connectivity index (χ4n) is 5.19. The van der Waals surface area contributed by atoms with Crippen molar-refractivity contribution in [2.45, 2.75) is 39.2 Å². The third-order valence-electron chi connectivity index (χ3n) is 6.41. The van der Waals surface area contributed by atoms with Crippen LogP contribution in [0.2, 0.25) is 0 Å². The van der Waals surface area contributed by atoms with Crippen LogP contribution in [0.4, 0.5) is 0 Å². The summed E-state index contributed by atoms with van der Waals surface area (Å²) in [5.74, 6) is 1.19. The summed E-state index contributed by atoms with van der Waals surface area (Å²) in [5.41, 5.74) is 8.22. The first-order valence-corrected chi connectivity index (χ1v) is 8.63. The van der Waals surface area contributed by atoms with Gasteiger partial charge in [-0.1, -0.05) is 62.0 Å². The van der Waals surface area contributed by atoms with E-state index in [2.05, 4.69) is 61.7 Å². The van der Waals surface area contributed by atoms with Crippen molar-refractivity contribution in [1.82, 2.24) is 5.32 Å². The van der Waals surface area contributed by atoms with Crippen LogP contribution in [0, 0.1) is 17.3 Å². The molecule has 4 aliphatic carbocycles. The van der Waals surface area contributed by atoms with E-state index in [-0.39, 0.29) is 0 Å². The van der Waals surface area contributed by atoms with Crippen molar-refractivity contribution < 1.29 is 0 Å². The van der Waals surface area contributed by atoms with Crippen LogP contribution in [0.5, 0.6) is 0 Å². The van der Waals surface area contributed by atoms with Gasteiger partial charge in [-0.2, -0.15) is 0 Å². The molecule has 1 heteroatoms. The fraction of sp³-hybridized carbons (Fsp3) is 0.429. The van der Waals surface area contributed by atoms with Crippen molar-refractivity contribution in [2.24, 2.45) is 17.3 Å². The minimum atomic E-state index is 0.311. The smallest absolute Gasteiger partial charge is 0.0548 e. The zero-order valence-electron chi connectivity index (χ0n) is 13.4. The maximum Gasteiger partial charge on any atom is 0.0548 e. The second kappa shape index (κ2) is 4.16. The maximum atomic E-state index is 3.79. The van der Waals surface area contributed by atoms with E-state index in [0.717, 1.165) is 0 Å². The molecule has 112 valence electrons. The van der Waals surface area contributed by atoms with E-state index in [1.54, 1.807) is 22.3 Å². The summed E-state index contributed by atoms with van der Waals surface area (Å²) in [5, 5.41) is 3.79. The molecule has 5 aliphatic rings. The molecule has 3 atom stereocenters. The minimum absolute atomic E-state index is 0.311. The molecule has 22 heavy (non-hydrogen) atoms. The topological polar surface area (TPSA) is 12.0 Å². The van der Waals surface area contributed by atoms with Crippen LogP contribution in [-0.2, 0) is 0 Å². The van der Waals surface area contributed by atoms with E-state index in [0.29, 0.717) is 23.3 Å². The molecule has 0 fully saturated rings. The fourth-order valence-corrected chi connectivity index (χ4v) is 5.19. The lowest BCUT2D eigenvalue weighted by atomic mass is 9.70. The van der Waals surface area contributed by atoms with Gasteiger partial charge in [-0.3, -0.25) is 0 Å². The number of allylic oxidation sites excluding steroid dienone is 9. The highest BCUT2D eigenvalue weighted by atomic mass is 15.0. The summed E-state index contributed by atoms with van der Waals surface area (Å²) in [6, 6.07) is 0.476. The predicted octanol–water partition coefficient (Wildman–Crippen LogP) is 4.59. The first-order valence-electron chi connectivity index (χ1n) is 8.63. The molecular weight excluding hydrogens is 266 g/mol. The van der Waals surface area contributed by atoms with Gasteiger partial charge in [0.25, 0.3) is 0 Å². The van der Waals surface area contributed by atoms with Crippen LogP contribution >= 0.6 is 0 Å². The van der Waals surface area contributed by atoms with Gasteiger partial charge < -0.3 is 5.32 Å². The highest BCUT2D eigenvalue weighted by molar-refractivity contribution is 5.61. The molecular formula is C21H23N. The van der Waals surface area contributed by atoms with Gasteiger partial charge in [0.05, 0.1) is 6.04 Å². The Morgan fingerprint density at radius 2 is 2.05 bits per heavy atom. The second-order valence-electron chi connectivity index (χ2n) is 7.81. The number of hydrogen-bond acceptors (Lipinski definition) is 1. The quantitative estimate of drug-likeness (QED) is 0.688. The van der Waals surface area contributed by atoms with E-state index in [9.17, 15) is 0 Å². The Bertz CT molecular complexity index is 736. The Labute approximate surface area is 132 Å². The normalized spacial score (nSPS) is 36.6. The Morgan fingerprint density at radius 3 is 2.95 bits per heavy atom. The standard InChI is InChI=1S/C21H23N/c1-21(2)17-9-5-3-7-13(17)15-11-16-14-8-4-6-10-19(14)22-20(16)12-18(15)21/h3-4,6-8,10-11,14,18-19,22H,5,9,12H2,1-2H3/t14?,18?,19-/m1/s1. The van der Waals surface area contributed by atoms with Crippen molar-refractivity contribution >= 4 is 0 Å². The molecule has 0 saturated carbocycles. The SMILES string of the molecule is CC1(C)C2=C(C=CCC2)C2=CC3=C(CC21)N[C@@H]1C=CC=CC31. The van der Waals surface area contributed by atoms with Crippen LogP contribution in [0.3, 0.4) is 0 Å². The largest absolute Gasteiger partial charge is 0.381 e. The summed E-state index contributed by atoms with van der Waals surface area (Å²) >= 11 is 0. The van der Waals surface area contributed by atoms with Gasteiger partial charge in [0.15, 0.2) is 0 Å². The molecule has 0 amide bonds. The third kappa shape index (κ3) is 1.49. The van der Waals surface area contributed by atoms with Crippen molar-refractivity contribution in [1.29, 1.82) is 0 Å². The lowest BCUT2D eigenvalue weighted by Crippen LogP contribution is -2.29. The number of hydrogen-bond donors (Lipinski definition) is 1. The molecule has 1 heterocycles. The molecule has 2 unspecified atom stereocenters. The van der Waals surface area contributed by atoms with Crippen LogP contribution in [0.25, 0.3) is 0 Å². The van der Waals surface area contributed by atoms with Gasteiger partial charge in [0.2, 0.25) is 0 Å². The van der Waals surface area contributed by atoms with Gasteiger partial charge in [0.1, 0.15) is 0 Å². The molecule has 5 rings (SSSR count). The highest BCUT2D eigenvalue weighted by Gasteiger charge is 2.47. The molecule has 0 saturated heterocycles. The summed E-state index contributed by atoms with van der Waals surface area (Å²) in [6.45, 7) is 4.92. The molecule has 0 aromatic carbocycles. The van der Waals surface area contributed by atoms with E-state index < -0.39 is 0 Å². The van der Waals surface area contributed by atoms with Gasteiger partial charge in [-0.15, -0.1) is 0 Å². The van der Waals surface area contributed by atoms with Gasteiger partial charge in [-0.05, 0) is 47.3 Å². The van der Waals surface area contributed by atoms with E-state index >= 15 is 0 Å². The molecule has 0 aromatic rings. The summed E-state index contributed by atoms with van der Waals surface area (Å²) in [6.07, 6.45) is 20.0. The van der Waals surface area contributed by atoms with E-state index in [1.807, 2.05) is 0 Å². The van der Waals surface area contributed by atoms with E-state index in [4.69, 9.17) is 0 Å². The van der Waals surface area contributed by atoms with Crippen LogP contribution in [0.15, 0.2) is 70.5 Å². The van der Waals surface area contributed by atoms with Gasteiger partial charge in [-0.25, -0.2) is 0 Å². The Morgan fingerprint density at radius 1 is 1.18 bits per heavy atom. The molecule has 0 radical (unpaired) electrons.